The summed E-state index contributed by atoms with van der Waals surface area (Å²) in [5, 5.41) is 7.52. The minimum absolute atomic E-state index is 0.0707. The van der Waals surface area contributed by atoms with Gasteiger partial charge in [0, 0.05) is 49.9 Å². The molecule has 1 N–H and O–H groups in total. The first kappa shape index (κ1) is 21.6. The van der Waals surface area contributed by atoms with Gasteiger partial charge in [-0.25, -0.2) is 0 Å². The van der Waals surface area contributed by atoms with Gasteiger partial charge in [0.1, 0.15) is 6.54 Å². The van der Waals surface area contributed by atoms with Gasteiger partial charge in [0.15, 0.2) is 0 Å². The lowest BCUT2D eigenvalue weighted by molar-refractivity contribution is -0.150. The molecule has 2 aliphatic heterocycles. The highest BCUT2D eigenvalue weighted by Crippen LogP contribution is 2.44. The van der Waals surface area contributed by atoms with Gasteiger partial charge in [-0.05, 0) is 39.3 Å². The number of nitrogens with zero attached hydrogens (tertiary/aromatic N) is 4. The first-order valence-electron chi connectivity index (χ1n) is 11.1. The molecule has 2 aromatic rings. The number of carbonyl (C=O) groups excluding carboxylic acids is 2. The number of aryl methyl sites for hydroxylation is 2. The lowest BCUT2D eigenvalue weighted by Crippen LogP contribution is -2.64. The second-order valence-electron chi connectivity index (χ2n) is 9.57. The lowest BCUT2D eigenvalue weighted by Gasteiger charge is -2.50. The van der Waals surface area contributed by atoms with Crippen LogP contribution < -0.4 is 5.32 Å². The number of likely N-dealkylation sites (tertiary alicyclic amines) is 2. The minimum Gasteiger partial charge on any atom is -0.354 e. The van der Waals surface area contributed by atoms with Crippen LogP contribution in [0, 0.1) is 25.2 Å². The van der Waals surface area contributed by atoms with Gasteiger partial charge in [0.05, 0.1) is 11.6 Å². The average Bonchev–Trinajstić information content (AvgIpc) is 3.20. The Morgan fingerprint density at radius 1 is 1.16 bits per heavy atom. The van der Waals surface area contributed by atoms with Crippen LogP contribution in [0.3, 0.4) is 0 Å². The Morgan fingerprint density at radius 2 is 1.87 bits per heavy atom. The molecule has 166 valence electrons. The molecule has 1 atom stereocenters. The normalized spacial score (nSPS) is 20.3. The highest BCUT2D eigenvalue weighted by molar-refractivity contribution is 5.82. The van der Waals surface area contributed by atoms with Crippen LogP contribution in [0.15, 0.2) is 36.4 Å². The van der Waals surface area contributed by atoms with E-state index >= 15 is 0 Å². The van der Waals surface area contributed by atoms with Gasteiger partial charge in [-0.1, -0.05) is 30.3 Å². The van der Waals surface area contributed by atoms with E-state index < -0.39 is 0 Å². The van der Waals surface area contributed by atoms with Crippen molar-refractivity contribution in [1.29, 1.82) is 0 Å². The van der Waals surface area contributed by atoms with Gasteiger partial charge in [-0.3, -0.25) is 19.2 Å². The van der Waals surface area contributed by atoms with Crippen molar-refractivity contribution in [3.05, 3.63) is 53.3 Å². The van der Waals surface area contributed by atoms with Crippen molar-refractivity contribution >= 4 is 11.8 Å². The van der Waals surface area contributed by atoms with Gasteiger partial charge in [0.2, 0.25) is 11.8 Å². The Hall–Kier alpha value is -2.67. The van der Waals surface area contributed by atoms with E-state index in [1.165, 1.54) is 5.56 Å². The predicted molar refractivity (Wildman–Crippen MR) is 119 cm³/mol. The van der Waals surface area contributed by atoms with Crippen molar-refractivity contribution in [2.45, 2.75) is 46.8 Å². The van der Waals surface area contributed by atoms with Crippen molar-refractivity contribution in [3.63, 3.8) is 0 Å². The second kappa shape index (κ2) is 8.46. The van der Waals surface area contributed by atoms with Crippen LogP contribution in [0.4, 0.5) is 0 Å². The smallest absolute Gasteiger partial charge is 0.244 e. The molecule has 2 aliphatic rings. The largest absolute Gasteiger partial charge is 0.354 e. The Morgan fingerprint density at radius 3 is 2.48 bits per heavy atom. The van der Waals surface area contributed by atoms with Crippen LogP contribution >= 0.6 is 0 Å². The van der Waals surface area contributed by atoms with Gasteiger partial charge >= 0.3 is 0 Å². The number of benzene rings is 1. The van der Waals surface area contributed by atoms with Crippen molar-refractivity contribution in [3.8, 4) is 0 Å². The molecular formula is C24H33N5O2. The van der Waals surface area contributed by atoms with E-state index in [0.29, 0.717) is 13.1 Å². The molecule has 1 spiro atoms. The van der Waals surface area contributed by atoms with Crippen LogP contribution in [-0.4, -0.2) is 63.6 Å². The number of rotatable bonds is 6. The number of hydrogen-bond donors (Lipinski definition) is 1. The number of carbonyl (C=O) groups is 2. The van der Waals surface area contributed by atoms with Gasteiger partial charge in [-0.2, -0.15) is 5.10 Å². The Labute approximate surface area is 184 Å². The third-order valence-corrected chi connectivity index (χ3v) is 6.47. The molecule has 0 radical (unpaired) electrons. The van der Waals surface area contributed by atoms with Gasteiger partial charge in [-0.15, -0.1) is 0 Å². The maximum atomic E-state index is 13.0. The fourth-order valence-corrected chi connectivity index (χ4v) is 5.05. The molecule has 2 fully saturated rings. The quantitative estimate of drug-likeness (QED) is 0.771. The fourth-order valence-electron chi connectivity index (χ4n) is 5.05. The van der Waals surface area contributed by atoms with E-state index in [2.05, 4.69) is 27.4 Å². The Bertz CT molecular complexity index is 946. The summed E-state index contributed by atoms with van der Waals surface area (Å²) in [5.41, 5.74) is 2.99. The molecule has 31 heavy (non-hydrogen) atoms. The summed E-state index contributed by atoms with van der Waals surface area (Å²) in [7, 11) is 0. The maximum Gasteiger partial charge on any atom is 0.244 e. The zero-order valence-electron chi connectivity index (χ0n) is 19.0. The minimum atomic E-state index is -0.168. The molecule has 1 aromatic heterocycles. The van der Waals surface area contributed by atoms with Crippen molar-refractivity contribution in [1.82, 2.24) is 24.9 Å². The monoisotopic (exact) mass is 423 g/mol. The molecule has 2 amide bonds. The van der Waals surface area contributed by atoms with Crippen LogP contribution in [-0.2, 0) is 22.7 Å². The second-order valence-corrected chi connectivity index (χ2v) is 9.57. The summed E-state index contributed by atoms with van der Waals surface area (Å²) in [4.78, 5) is 30.1. The molecule has 7 nitrogen and oxygen atoms in total. The summed E-state index contributed by atoms with van der Waals surface area (Å²) in [6, 6.07) is 12.5. The molecule has 7 heteroatoms. The van der Waals surface area contributed by atoms with Crippen LogP contribution in [0.2, 0.25) is 0 Å². The van der Waals surface area contributed by atoms with Crippen molar-refractivity contribution < 1.29 is 9.59 Å². The molecule has 0 saturated carbocycles. The zero-order chi connectivity index (χ0) is 22.2. The SMILES string of the molecule is Cc1cc(C)n(CC(=O)N2CC3(CN(Cc4ccccc4)CC3C(=O)NC(C)C)C2)n1. The first-order chi connectivity index (χ1) is 14.8. The van der Waals surface area contributed by atoms with E-state index in [4.69, 9.17) is 0 Å². The predicted octanol–water partition coefficient (Wildman–Crippen LogP) is 1.99. The average molecular weight is 424 g/mol. The fraction of sp³-hybridized carbons (Fsp3) is 0.542. The standard InChI is InChI=1S/C24H33N5O2/c1-17(2)25-23(31)21-12-27(11-20-8-6-5-7-9-20)14-24(21)15-28(16-24)22(30)13-29-19(4)10-18(3)26-29/h5-10,17,21H,11-16H2,1-4H3,(H,25,31). The van der Waals surface area contributed by atoms with Crippen molar-refractivity contribution in [2.24, 2.45) is 11.3 Å². The summed E-state index contributed by atoms with van der Waals surface area (Å²) in [5.74, 6) is 0.0777. The lowest BCUT2D eigenvalue weighted by atomic mass is 9.71. The van der Waals surface area contributed by atoms with Crippen molar-refractivity contribution in [2.75, 3.05) is 26.2 Å². The highest BCUT2D eigenvalue weighted by atomic mass is 16.2. The molecule has 3 heterocycles. The van der Waals surface area contributed by atoms with Gasteiger partial charge < -0.3 is 10.2 Å². The molecule has 4 rings (SSSR count). The Kier molecular flexibility index (Phi) is 5.88. The number of amides is 2. The molecule has 1 aromatic carbocycles. The molecule has 0 bridgehead atoms. The Balaban J connectivity index is 1.44. The molecule has 2 saturated heterocycles. The maximum absolute atomic E-state index is 13.0. The summed E-state index contributed by atoms with van der Waals surface area (Å²) < 4.78 is 1.77. The molecule has 0 aliphatic carbocycles. The molecule has 1 unspecified atom stereocenters. The van der Waals surface area contributed by atoms with E-state index in [0.717, 1.165) is 31.0 Å². The molecular weight excluding hydrogens is 390 g/mol. The van der Waals surface area contributed by atoms with Crippen LogP contribution in [0.5, 0.6) is 0 Å². The zero-order valence-corrected chi connectivity index (χ0v) is 19.0. The summed E-state index contributed by atoms with van der Waals surface area (Å²) in [6.07, 6.45) is 0. The highest BCUT2D eigenvalue weighted by Gasteiger charge is 2.57. The third kappa shape index (κ3) is 4.51. The third-order valence-electron chi connectivity index (χ3n) is 6.47. The number of hydrogen-bond acceptors (Lipinski definition) is 4. The van der Waals surface area contributed by atoms with E-state index in [-0.39, 0.29) is 35.7 Å². The number of aromatic nitrogens is 2. The van der Waals surface area contributed by atoms with E-state index in [1.807, 2.05) is 56.9 Å². The van der Waals surface area contributed by atoms with E-state index in [1.54, 1.807) is 4.68 Å². The van der Waals surface area contributed by atoms with Crippen LogP contribution in [0.1, 0.15) is 30.8 Å². The topological polar surface area (TPSA) is 70.5 Å². The first-order valence-corrected chi connectivity index (χ1v) is 11.1. The number of nitrogens with one attached hydrogen (secondary N) is 1. The van der Waals surface area contributed by atoms with E-state index in [9.17, 15) is 9.59 Å². The summed E-state index contributed by atoms with van der Waals surface area (Å²) >= 11 is 0. The van der Waals surface area contributed by atoms with Gasteiger partial charge in [0.25, 0.3) is 0 Å². The van der Waals surface area contributed by atoms with Crippen LogP contribution in [0.25, 0.3) is 0 Å². The summed E-state index contributed by atoms with van der Waals surface area (Å²) in [6.45, 7) is 11.8.